The van der Waals surface area contributed by atoms with Gasteiger partial charge in [0.2, 0.25) is 5.91 Å². The van der Waals surface area contributed by atoms with Crippen molar-refractivity contribution in [1.29, 1.82) is 0 Å². The average Bonchev–Trinajstić information content (AvgIpc) is 3.21. The molecule has 1 aliphatic heterocycles. The van der Waals surface area contributed by atoms with Crippen molar-refractivity contribution in [2.75, 3.05) is 19.0 Å². The molecule has 9 heteroatoms. The van der Waals surface area contributed by atoms with E-state index in [0.29, 0.717) is 16.3 Å². The summed E-state index contributed by atoms with van der Waals surface area (Å²) in [5, 5.41) is 4.37. The van der Waals surface area contributed by atoms with Crippen molar-refractivity contribution in [2.45, 2.75) is 6.54 Å². The molecular formula is C17H15N3O5S. The first kappa shape index (κ1) is 17.6. The minimum atomic E-state index is -1.01. The summed E-state index contributed by atoms with van der Waals surface area (Å²) in [6.07, 6.45) is 0. The molecule has 0 spiro atoms. The van der Waals surface area contributed by atoms with Gasteiger partial charge in [0.1, 0.15) is 12.3 Å². The molecule has 0 radical (unpaired) electrons. The number of anilines is 1. The lowest BCUT2D eigenvalue weighted by atomic mass is 10.3. The zero-order valence-electron chi connectivity index (χ0n) is 13.8. The number of ether oxygens (including phenoxy) is 1. The zero-order valence-corrected chi connectivity index (χ0v) is 14.6. The molecule has 1 aromatic carbocycles. The van der Waals surface area contributed by atoms with Crippen molar-refractivity contribution in [3.05, 3.63) is 46.7 Å². The van der Waals surface area contributed by atoms with Gasteiger partial charge in [0, 0.05) is 16.6 Å². The molecule has 2 aromatic rings. The van der Waals surface area contributed by atoms with E-state index in [2.05, 4.69) is 5.32 Å². The highest BCUT2D eigenvalue weighted by atomic mass is 32.1. The molecular weight excluding hydrogens is 358 g/mol. The number of nitrogens with zero attached hydrogens (tertiary/aromatic N) is 2. The van der Waals surface area contributed by atoms with Crippen LogP contribution in [-0.2, 0) is 20.9 Å². The van der Waals surface area contributed by atoms with Crippen molar-refractivity contribution in [1.82, 2.24) is 9.80 Å². The summed E-state index contributed by atoms with van der Waals surface area (Å²) in [6, 6.07) is 9.38. The molecule has 0 bridgehead atoms. The van der Waals surface area contributed by atoms with Crippen LogP contribution < -0.4 is 10.1 Å². The third-order valence-corrected chi connectivity index (χ3v) is 4.55. The Hall–Kier alpha value is -3.20. The number of nitrogens with one attached hydrogen (secondary N) is 1. The van der Waals surface area contributed by atoms with Crippen LogP contribution in [0.4, 0.5) is 10.5 Å². The SMILES string of the molecule is COc1cccc(NC(=O)CN2C(=O)C(=O)N(Cc3cccs3)C2=O)c1. The molecule has 1 aliphatic rings. The van der Waals surface area contributed by atoms with Gasteiger partial charge in [-0.2, -0.15) is 0 Å². The highest BCUT2D eigenvalue weighted by Crippen LogP contribution is 2.20. The van der Waals surface area contributed by atoms with Crippen LogP contribution in [0.1, 0.15) is 4.88 Å². The molecule has 5 amide bonds. The van der Waals surface area contributed by atoms with Crippen LogP contribution in [-0.4, -0.2) is 47.2 Å². The molecule has 2 heterocycles. The topological polar surface area (TPSA) is 96.0 Å². The molecule has 26 heavy (non-hydrogen) atoms. The number of thiophene rings is 1. The third kappa shape index (κ3) is 3.57. The van der Waals surface area contributed by atoms with Crippen LogP contribution in [0.25, 0.3) is 0 Å². The van der Waals surface area contributed by atoms with E-state index < -0.39 is 30.3 Å². The summed E-state index contributed by atoms with van der Waals surface area (Å²) in [4.78, 5) is 50.9. The Morgan fingerprint density at radius 2 is 1.88 bits per heavy atom. The van der Waals surface area contributed by atoms with Crippen molar-refractivity contribution < 1.29 is 23.9 Å². The Morgan fingerprint density at radius 3 is 2.58 bits per heavy atom. The second-order valence-corrected chi connectivity index (χ2v) is 6.46. The first-order chi connectivity index (χ1) is 12.5. The Labute approximate surface area is 153 Å². The number of urea groups is 1. The van der Waals surface area contributed by atoms with Gasteiger partial charge in [0.05, 0.1) is 13.7 Å². The van der Waals surface area contributed by atoms with Crippen LogP contribution in [0, 0.1) is 0 Å². The highest BCUT2D eigenvalue weighted by Gasteiger charge is 2.45. The number of carbonyl (C=O) groups is 4. The van der Waals surface area contributed by atoms with Crippen LogP contribution in [0.5, 0.6) is 5.75 Å². The Morgan fingerprint density at radius 1 is 1.12 bits per heavy atom. The lowest BCUT2D eigenvalue weighted by Crippen LogP contribution is -2.38. The standard InChI is InChI=1S/C17H15N3O5S/c1-25-12-5-2-4-11(8-12)18-14(21)10-20-16(23)15(22)19(17(20)24)9-13-6-3-7-26-13/h2-8H,9-10H2,1H3,(H,18,21). The number of imide groups is 2. The summed E-state index contributed by atoms with van der Waals surface area (Å²) in [6.45, 7) is -0.531. The molecule has 134 valence electrons. The highest BCUT2D eigenvalue weighted by molar-refractivity contribution is 7.09. The number of methoxy groups -OCH3 is 1. The van der Waals surface area contributed by atoms with E-state index >= 15 is 0 Å². The molecule has 1 fully saturated rings. The summed E-state index contributed by atoms with van der Waals surface area (Å²) in [5.41, 5.74) is 0.454. The summed E-state index contributed by atoms with van der Waals surface area (Å²) in [5.74, 6) is -1.98. The Kier molecular flexibility index (Phi) is 4.99. The van der Waals surface area contributed by atoms with Crippen molar-refractivity contribution in [2.24, 2.45) is 0 Å². The number of rotatable bonds is 6. The van der Waals surface area contributed by atoms with Gasteiger partial charge in [-0.05, 0) is 23.6 Å². The molecule has 8 nitrogen and oxygen atoms in total. The maximum atomic E-state index is 12.4. The Balaban J connectivity index is 1.66. The van der Waals surface area contributed by atoms with Crippen LogP contribution in [0.2, 0.25) is 0 Å². The number of carbonyl (C=O) groups excluding carboxylic acids is 4. The predicted molar refractivity (Wildman–Crippen MR) is 93.6 cm³/mol. The fraction of sp³-hybridized carbons (Fsp3) is 0.176. The van der Waals surface area contributed by atoms with Crippen LogP contribution in [0.15, 0.2) is 41.8 Å². The van der Waals surface area contributed by atoms with Gasteiger partial charge in [-0.1, -0.05) is 12.1 Å². The average molecular weight is 373 g/mol. The number of amides is 5. The molecule has 0 unspecified atom stereocenters. The lowest BCUT2D eigenvalue weighted by molar-refractivity contribution is -0.143. The molecule has 1 aromatic heterocycles. The van der Waals surface area contributed by atoms with E-state index in [4.69, 9.17) is 4.74 Å². The van der Waals surface area contributed by atoms with E-state index in [9.17, 15) is 19.2 Å². The quantitative estimate of drug-likeness (QED) is 0.614. The zero-order chi connectivity index (χ0) is 18.7. The van der Waals surface area contributed by atoms with Gasteiger partial charge in [-0.25, -0.2) is 9.69 Å². The summed E-state index contributed by atoms with van der Waals surface area (Å²) >= 11 is 1.37. The van der Waals surface area contributed by atoms with Crippen molar-refractivity contribution in [3.63, 3.8) is 0 Å². The number of hydrogen-bond donors (Lipinski definition) is 1. The maximum Gasteiger partial charge on any atom is 0.335 e. The van der Waals surface area contributed by atoms with E-state index in [1.165, 1.54) is 18.4 Å². The fourth-order valence-corrected chi connectivity index (χ4v) is 3.13. The second kappa shape index (κ2) is 7.36. The van der Waals surface area contributed by atoms with Gasteiger partial charge in [0.25, 0.3) is 0 Å². The molecule has 0 aliphatic carbocycles. The monoisotopic (exact) mass is 373 g/mol. The number of hydrogen-bond acceptors (Lipinski definition) is 6. The van der Waals surface area contributed by atoms with Crippen molar-refractivity contribution >= 4 is 40.8 Å². The largest absolute Gasteiger partial charge is 0.497 e. The molecule has 3 rings (SSSR count). The molecule has 1 N–H and O–H groups in total. The van der Waals surface area contributed by atoms with Gasteiger partial charge >= 0.3 is 17.8 Å². The van der Waals surface area contributed by atoms with Gasteiger partial charge in [0.15, 0.2) is 0 Å². The maximum absolute atomic E-state index is 12.4. The van der Waals surface area contributed by atoms with E-state index in [1.807, 2.05) is 5.38 Å². The summed E-state index contributed by atoms with van der Waals surface area (Å²) < 4.78 is 5.06. The minimum absolute atomic E-state index is 0.00900. The van der Waals surface area contributed by atoms with Crippen molar-refractivity contribution in [3.8, 4) is 5.75 Å². The van der Waals surface area contributed by atoms with E-state index in [1.54, 1.807) is 36.4 Å². The summed E-state index contributed by atoms with van der Waals surface area (Å²) in [7, 11) is 1.50. The number of benzene rings is 1. The molecule has 1 saturated heterocycles. The molecule has 0 saturated carbocycles. The minimum Gasteiger partial charge on any atom is -0.497 e. The van der Waals surface area contributed by atoms with Gasteiger partial charge < -0.3 is 10.1 Å². The third-order valence-electron chi connectivity index (χ3n) is 3.68. The first-order valence-electron chi connectivity index (χ1n) is 7.63. The predicted octanol–water partition coefficient (Wildman–Crippen LogP) is 1.69. The van der Waals surface area contributed by atoms with Crippen LogP contribution >= 0.6 is 11.3 Å². The van der Waals surface area contributed by atoms with E-state index in [0.717, 1.165) is 9.78 Å². The molecule has 0 atom stereocenters. The van der Waals surface area contributed by atoms with Gasteiger partial charge in [-0.15, -0.1) is 11.3 Å². The lowest BCUT2D eigenvalue weighted by Gasteiger charge is -2.15. The first-order valence-corrected chi connectivity index (χ1v) is 8.51. The van der Waals surface area contributed by atoms with E-state index in [-0.39, 0.29) is 6.54 Å². The normalized spacial score (nSPS) is 14.1. The fourth-order valence-electron chi connectivity index (χ4n) is 2.43. The van der Waals surface area contributed by atoms with Gasteiger partial charge in [-0.3, -0.25) is 19.3 Å². The Bertz CT molecular complexity index is 865. The smallest absolute Gasteiger partial charge is 0.335 e. The second-order valence-electron chi connectivity index (χ2n) is 5.42. The van der Waals surface area contributed by atoms with Crippen LogP contribution in [0.3, 0.4) is 0 Å².